The van der Waals surface area contributed by atoms with Crippen LogP contribution in [0.5, 0.6) is 5.75 Å². The van der Waals surface area contributed by atoms with Crippen LogP contribution in [0.25, 0.3) is 0 Å². The van der Waals surface area contributed by atoms with Gasteiger partial charge in [0.05, 0.1) is 18.7 Å². The highest BCUT2D eigenvalue weighted by molar-refractivity contribution is 9.10. The maximum atomic E-state index is 5.65. The van der Waals surface area contributed by atoms with Crippen molar-refractivity contribution in [2.24, 2.45) is 10.9 Å². The summed E-state index contributed by atoms with van der Waals surface area (Å²) in [6.45, 7) is 4.96. The van der Waals surface area contributed by atoms with Gasteiger partial charge in [-0.1, -0.05) is 29.8 Å². The van der Waals surface area contributed by atoms with Crippen LogP contribution in [0.1, 0.15) is 19.4 Å². The van der Waals surface area contributed by atoms with E-state index in [1.165, 1.54) is 0 Å². The van der Waals surface area contributed by atoms with Gasteiger partial charge in [0.1, 0.15) is 12.4 Å². The van der Waals surface area contributed by atoms with E-state index < -0.39 is 0 Å². The maximum absolute atomic E-state index is 5.65. The number of hydrogen-bond acceptors (Lipinski definition) is 3. The number of aliphatic imine (C=N–C) groups is 1. The molecule has 0 unspecified atom stereocenters. The predicted molar refractivity (Wildman–Crippen MR) is 71.8 cm³/mol. The molecule has 1 aromatic rings. The molecule has 1 aliphatic heterocycles. The molecule has 0 radical (unpaired) electrons. The third kappa shape index (κ3) is 2.63. The fourth-order valence-electron chi connectivity index (χ4n) is 1.72. The molecule has 1 atom stereocenters. The first kappa shape index (κ1) is 12.4. The van der Waals surface area contributed by atoms with E-state index in [1.54, 1.807) is 7.11 Å². The minimum absolute atomic E-state index is 0.248. The molecule has 0 N–H and O–H groups in total. The number of nitrogens with zero attached hydrogens (tertiary/aromatic N) is 1. The summed E-state index contributed by atoms with van der Waals surface area (Å²) in [6.07, 6.45) is 0. The van der Waals surface area contributed by atoms with Crippen molar-refractivity contribution < 1.29 is 9.47 Å². The lowest BCUT2D eigenvalue weighted by Gasteiger charge is -2.08. The molecule has 92 valence electrons. The molecule has 0 fully saturated rings. The van der Waals surface area contributed by atoms with Crippen molar-refractivity contribution in [1.82, 2.24) is 0 Å². The highest BCUT2D eigenvalue weighted by atomic mass is 79.9. The van der Waals surface area contributed by atoms with Gasteiger partial charge >= 0.3 is 0 Å². The van der Waals surface area contributed by atoms with Gasteiger partial charge in [-0.25, -0.2) is 4.99 Å². The van der Waals surface area contributed by atoms with Crippen LogP contribution in [0.3, 0.4) is 0 Å². The van der Waals surface area contributed by atoms with Crippen molar-refractivity contribution in [3.05, 3.63) is 28.2 Å². The molecule has 0 aromatic heterocycles. The second kappa shape index (κ2) is 5.08. The third-order valence-electron chi connectivity index (χ3n) is 2.84. The van der Waals surface area contributed by atoms with E-state index in [4.69, 9.17) is 9.47 Å². The minimum Gasteiger partial charge on any atom is -0.496 e. The summed E-state index contributed by atoms with van der Waals surface area (Å²) in [5.74, 6) is 1.96. The molecule has 4 heteroatoms. The second-order valence-corrected chi connectivity index (χ2v) is 5.32. The highest BCUT2D eigenvalue weighted by Gasteiger charge is 2.24. The lowest BCUT2D eigenvalue weighted by molar-refractivity contribution is 0.291. The molecule has 17 heavy (non-hydrogen) atoms. The van der Waals surface area contributed by atoms with Gasteiger partial charge in [-0.2, -0.15) is 0 Å². The molecule has 0 amide bonds. The van der Waals surface area contributed by atoms with Gasteiger partial charge in [0.25, 0.3) is 0 Å². The molecule has 0 saturated carbocycles. The fourth-order valence-corrected chi connectivity index (χ4v) is 2.06. The van der Waals surface area contributed by atoms with Crippen LogP contribution in [-0.4, -0.2) is 25.7 Å². The van der Waals surface area contributed by atoms with Gasteiger partial charge in [-0.15, -0.1) is 0 Å². The maximum Gasteiger partial charge on any atom is 0.220 e. The number of rotatable bonds is 3. The number of hydrogen-bond donors (Lipinski definition) is 0. The molecular formula is C13H16BrNO2. The average molecular weight is 298 g/mol. The number of methoxy groups -OCH3 is 1. The van der Waals surface area contributed by atoms with Crippen LogP contribution < -0.4 is 4.74 Å². The summed E-state index contributed by atoms with van der Waals surface area (Å²) in [5.41, 5.74) is 0.916. The van der Waals surface area contributed by atoms with Crippen LogP contribution >= 0.6 is 15.9 Å². The number of ether oxygens (including phenoxy) is 2. The molecule has 1 heterocycles. The van der Waals surface area contributed by atoms with E-state index in [1.807, 2.05) is 18.2 Å². The predicted octanol–water partition coefficient (Wildman–Crippen LogP) is 3.26. The number of benzene rings is 1. The SMILES string of the molecule is COc1cc(Br)ccc1C1=N[C@H](C(C)C)CO1. The molecule has 1 aliphatic rings. The molecule has 0 saturated heterocycles. The normalized spacial score (nSPS) is 19.1. The highest BCUT2D eigenvalue weighted by Crippen LogP contribution is 2.27. The average Bonchev–Trinajstić information content (AvgIpc) is 2.78. The van der Waals surface area contributed by atoms with Gasteiger partial charge in [0.2, 0.25) is 5.90 Å². The first-order chi connectivity index (χ1) is 8.11. The van der Waals surface area contributed by atoms with Crippen molar-refractivity contribution >= 4 is 21.8 Å². The Hall–Kier alpha value is -1.03. The van der Waals surface area contributed by atoms with E-state index in [0.29, 0.717) is 18.4 Å². The Balaban J connectivity index is 2.32. The zero-order valence-corrected chi connectivity index (χ0v) is 11.8. The van der Waals surface area contributed by atoms with E-state index in [0.717, 1.165) is 15.8 Å². The molecule has 0 bridgehead atoms. The standard InChI is InChI=1S/C13H16BrNO2/c1-8(2)11-7-17-13(15-11)10-5-4-9(14)6-12(10)16-3/h4-6,8,11H,7H2,1-3H3/t11-/m0/s1. The van der Waals surface area contributed by atoms with E-state index in [9.17, 15) is 0 Å². The topological polar surface area (TPSA) is 30.8 Å². The Morgan fingerprint density at radius 1 is 1.47 bits per heavy atom. The number of halogens is 1. The summed E-state index contributed by atoms with van der Waals surface area (Å²) >= 11 is 3.42. The first-order valence-electron chi connectivity index (χ1n) is 5.66. The Kier molecular flexibility index (Phi) is 3.72. The Bertz CT molecular complexity index is 443. The second-order valence-electron chi connectivity index (χ2n) is 4.40. The van der Waals surface area contributed by atoms with Crippen molar-refractivity contribution in [3.8, 4) is 5.75 Å². The molecule has 0 spiro atoms. The van der Waals surface area contributed by atoms with E-state index in [-0.39, 0.29) is 6.04 Å². The van der Waals surface area contributed by atoms with Crippen LogP contribution in [-0.2, 0) is 4.74 Å². The first-order valence-corrected chi connectivity index (χ1v) is 6.45. The van der Waals surface area contributed by atoms with Crippen LogP contribution in [0.4, 0.5) is 0 Å². The van der Waals surface area contributed by atoms with Crippen molar-refractivity contribution in [2.75, 3.05) is 13.7 Å². The van der Waals surface area contributed by atoms with Crippen molar-refractivity contribution in [3.63, 3.8) is 0 Å². The van der Waals surface area contributed by atoms with Crippen LogP contribution in [0, 0.1) is 5.92 Å². The zero-order chi connectivity index (χ0) is 12.4. The Morgan fingerprint density at radius 2 is 2.24 bits per heavy atom. The van der Waals surface area contributed by atoms with E-state index in [2.05, 4.69) is 34.8 Å². The summed E-state index contributed by atoms with van der Waals surface area (Å²) in [5, 5.41) is 0. The molecule has 3 nitrogen and oxygen atoms in total. The minimum atomic E-state index is 0.248. The van der Waals surface area contributed by atoms with E-state index >= 15 is 0 Å². The zero-order valence-electron chi connectivity index (χ0n) is 10.2. The smallest absolute Gasteiger partial charge is 0.220 e. The van der Waals surface area contributed by atoms with Crippen molar-refractivity contribution in [2.45, 2.75) is 19.9 Å². The van der Waals surface area contributed by atoms with Crippen LogP contribution in [0.2, 0.25) is 0 Å². The van der Waals surface area contributed by atoms with Gasteiger partial charge in [0.15, 0.2) is 0 Å². The quantitative estimate of drug-likeness (QED) is 0.857. The van der Waals surface area contributed by atoms with Gasteiger partial charge in [-0.05, 0) is 24.1 Å². The summed E-state index contributed by atoms with van der Waals surface area (Å²) in [7, 11) is 1.65. The molecule has 0 aliphatic carbocycles. The van der Waals surface area contributed by atoms with Crippen molar-refractivity contribution in [1.29, 1.82) is 0 Å². The Labute approximate surface area is 110 Å². The van der Waals surface area contributed by atoms with Gasteiger partial charge < -0.3 is 9.47 Å². The molecular weight excluding hydrogens is 282 g/mol. The largest absolute Gasteiger partial charge is 0.496 e. The fraction of sp³-hybridized carbons (Fsp3) is 0.462. The summed E-state index contributed by atoms with van der Waals surface area (Å²) in [4.78, 5) is 4.60. The van der Waals surface area contributed by atoms with Gasteiger partial charge in [0, 0.05) is 4.47 Å². The lowest BCUT2D eigenvalue weighted by atomic mass is 10.1. The van der Waals surface area contributed by atoms with Gasteiger partial charge in [-0.3, -0.25) is 0 Å². The van der Waals surface area contributed by atoms with Crippen LogP contribution in [0.15, 0.2) is 27.7 Å². The lowest BCUT2D eigenvalue weighted by Crippen LogP contribution is -2.13. The summed E-state index contributed by atoms with van der Waals surface area (Å²) in [6, 6.07) is 6.10. The Morgan fingerprint density at radius 3 is 2.82 bits per heavy atom. The molecule has 1 aromatic carbocycles. The third-order valence-corrected chi connectivity index (χ3v) is 3.33. The summed E-state index contributed by atoms with van der Waals surface area (Å²) < 4.78 is 12.0. The monoisotopic (exact) mass is 297 g/mol. The molecule has 2 rings (SSSR count).